The van der Waals surface area contributed by atoms with Crippen LogP contribution in [0.4, 0.5) is 5.13 Å². The minimum Gasteiger partial charge on any atom is -0.483 e. The molecule has 0 radical (unpaired) electrons. The Kier molecular flexibility index (Phi) is 5.96. The summed E-state index contributed by atoms with van der Waals surface area (Å²) in [6, 6.07) is 13.2. The first kappa shape index (κ1) is 18.9. The maximum absolute atomic E-state index is 12.2. The van der Waals surface area contributed by atoms with Crippen LogP contribution in [0.15, 0.2) is 46.9 Å². The summed E-state index contributed by atoms with van der Waals surface area (Å²) in [7, 11) is 0. The number of hydrogen-bond donors (Lipinski definition) is 1. The number of nitrogens with one attached hydrogen (secondary N) is 1. The highest BCUT2D eigenvalue weighted by Crippen LogP contribution is 2.31. The molecule has 0 aliphatic heterocycles. The molecule has 0 bridgehead atoms. The van der Waals surface area contributed by atoms with Crippen molar-refractivity contribution in [1.82, 2.24) is 4.98 Å². The maximum Gasteiger partial charge on any atom is 0.264 e. The first-order valence-corrected chi connectivity index (χ1v) is 9.83. The molecule has 0 unspecified atom stereocenters. The Morgan fingerprint density at radius 3 is 2.65 bits per heavy atom. The number of ether oxygens (including phenoxy) is 1. The van der Waals surface area contributed by atoms with Gasteiger partial charge in [-0.1, -0.05) is 29.8 Å². The molecule has 1 N–H and O–H groups in total. The number of anilines is 1. The lowest BCUT2D eigenvalue weighted by atomic mass is 10.1. The van der Waals surface area contributed by atoms with Crippen molar-refractivity contribution in [2.75, 3.05) is 11.9 Å². The van der Waals surface area contributed by atoms with E-state index in [9.17, 15) is 4.79 Å². The van der Waals surface area contributed by atoms with Crippen molar-refractivity contribution in [3.63, 3.8) is 0 Å². The van der Waals surface area contributed by atoms with Crippen LogP contribution in [0.3, 0.4) is 0 Å². The third-order valence-corrected chi connectivity index (χ3v) is 5.36. The third kappa shape index (κ3) is 4.63. The van der Waals surface area contributed by atoms with E-state index in [4.69, 9.17) is 16.3 Å². The Bertz CT molecular complexity index is 941. The van der Waals surface area contributed by atoms with Crippen molar-refractivity contribution in [2.45, 2.75) is 13.8 Å². The average molecular weight is 452 g/mol. The van der Waals surface area contributed by atoms with Gasteiger partial charge in [-0.25, -0.2) is 4.98 Å². The Morgan fingerprint density at radius 2 is 1.96 bits per heavy atom. The summed E-state index contributed by atoms with van der Waals surface area (Å²) in [5.41, 5.74) is 2.91. The molecule has 0 saturated heterocycles. The van der Waals surface area contributed by atoms with Gasteiger partial charge in [-0.05, 0) is 59.6 Å². The molecule has 4 nitrogen and oxygen atoms in total. The second-order valence-corrected chi connectivity index (χ2v) is 8.20. The highest BCUT2D eigenvalue weighted by atomic mass is 79.9. The fraction of sp³-hybridized carbons (Fsp3) is 0.158. The lowest BCUT2D eigenvalue weighted by Crippen LogP contribution is -2.20. The van der Waals surface area contributed by atoms with Gasteiger partial charge >= 0.3 is 0 Å². The van der Waals surface area contributed by atoms with E-state index in [1.807, 2.05) is 56.3 Å². The van der Waals surface area contributed by atoms with Crippen molar-refractivity contribution >= 4 is 49.9 Å². The Labute approximate surface area is 169 Å². The summed E-state index contributed by atoms with van der Waals surface area (Å²) in [5, 5.41) is 4.01. The van der Waals surface area contributed by atoms with E-state index >= 15 is 0 Å². The van der Waals surface area contributed by atoms with Gasteiger partial charge in [0.2, 0.25) is 0 Å². The number of carbonyl (C=O) groups is 1. The highest BCUT2D eigenvalue weighted by Gasteiger charge is 2.13. The highest BCUT2D eigenvalue weighted by molar-refractivity contribution is 9.10. The van der Waals surface area contributed by atoms with Crippen LogP contribution in [0.25, 0.3) is 11.3 Å². The smallest absolute Gasteiger partial charge is 0.264 e. The molecule has 0 fully saturated rings. The van der Waals surface area contributed by atoms with Crippen LogP contribution in [-0.4, -0.2) is 17.5 Å². The van der Waals surface area contributed by atoms with E-state index in [2.05, 4.69) is 26.2 Å². The largest absolute Gasteiger partial charge is 0.483 e. The molecule has 3 aromatic rings. The monoisotopic (exact) mass is 450 g/mol. The van der Waals surface area contributed by atoms with Crippen molar-refractivity contribution in [1.29, 1.82) is 0 Å². The molecule has 7 heteroatoms. The number of halogens is 2. The summed E-state index contributed by atoms with van der Waals surface area (Å²) in [4.78, 5) is 17.7. The van der Waals surface area contributed by atoms with E-state index in [0.29, 0.717) is 15.9 Å². The number of aryl methyl sites for hydroxylation is 2. The normalized spacial score (nSPS) is 10.6. The van der Waals surface area contributed by atoms with Gasteiger partial charge in [0.25, 0.3) is 5.91 Å². The van der Waals surface area contributed by atoms with Crippen LogP contribution in [0, 0.1) is 13.8 Å². The van der Waals surface area contributed by atoms with Gasteiger partial charge < -0.3 is 4.74 Å². The minimum absolute atomic E-state index is 0.0867. The maximum atomic E-state index is 12.2. The zero-order valence-electron chi connectivity index (χ0n) is 14.2. The number of benzene rings is 2. The molecular weight excluding hydrogens is 436 g/mol. The molecule has 0 atom stereocenters. The quantitative estimate of drug-likeness (QED) is 0.528. The van der Waals surface area contributed by atoms with Gasteiger partial charge in [-0.15, -0.1) is 11.3 Å². The van der Waals surface area contributed by atoms with E-state index in [1.54, 1.807) is 0 Å². The average Bonchev–Trinajstić information content (AvgIpc) is 2.95. The fourth-order valence-corrected chi connectivity index (χ4v) is 3.93. The van der Waals surface area contributed by atoms with Crippen molar-refractivity contribution < 1.29 is 9.53 Å². The first-order valence-electron chi connectivity index (χ1n) is 7.84. The van der Waals surface area contributed by atoms with E-state index in [0.717, 1.165) is 26.2 Å². The van der Waals surface area contributed by atoms with E-state index < -0.39 is 0 Å². The molecule has 1 amide bonds. The molecule has 134 valence electrons. The molecule has 0 aliphatic carbocycles. The molecule has 3 rings (SSSR count). The number of aromatic nitrogens is 1. The lowest BCUT2D eigenvalue weighted by Gasteiger charge is -2.08. The molecule has 2 aromatic carbocycles. The van der Waals surface area contributed by atoms with Gasteiger partial charge in [0.1, 0.15) is 5.75 Å². The number of hydrogen-bond acceptors (Lipinski definition) is 4. The third-order valence-electron chi connectivity index (χ3n) is 3.61. The number of amides is 1. The fourth-order valence-electron chi connectivity index (χ4n) is 2.35. The zero-order chi connectivity index (χ0) is 18.7. The van der Waals surface area contributed by atoms with Crippen LogP contribution >= 0.6 is 38.9 Å². The number of thiazole rings is 1. The van der Waals surface area contributed by atoms with E-state index in [1.165, 1.54) is 11.3 Å². The van der Waals surface area contributed by atoms with E-state index in [-0.39, 0.29) is 12.5 Å². The molecule has 0 saturated carbocycles. The zero-order valence-corrected chi connectivity index (χ0v) is 17.3. The number of nitrogens with zero attached hydrogens (tertiary/aromatic N) is 1. The van der Waals surface area contributed by atoms with Crippen LogP contribution in [-0.2, 0) is 4.79 Å². The summed E-state index contributed by atoms with van der Waals surface area (Å²) in [5.74, 6) is 0.372. The summed E-state index contributed by atoms with van der Waals surface area (Å²) >= 11 is 10.8. The predicted molar refractivity (Wildman–Crippen MR) is 110 cm³/mol. The lowest BCUT2D eigenvalue weighted by molar-refractivity contribution is -0.118. The van der Waals surface area contributed by atoms with Gasteiger partial charge in [0, 0.05) is 15.5 Å². The number of carbonyl (C=O) groups excluding carboxylic acids is 1. The summed E-state index contributed by atoms with van der Waals surface area (Å²) in [6.07, 6.45) is 0. The first-order chi connectivity index (χ1) is 12.4. The second kappa shape index (κ2) is 8.20. The van der Waals surface area contributed by atoms with Crippen LogP contribution < -0.4 is 10.1 Å². The molecular formula is C19H16BrClN2O2S. The Morgan fingerprint density at radius 1 is 1.23 bits per heavy atom. The minimum atomic E-state index is -0.256. The molecule has 0 spiro atoms. The number of rotatable bonds is 5. The molecule has 1 heterocycles. The van der Waals surface area contributed by atoms with Crippen LogP contribution in [0.1, 0.15) is 10.4 Å². The standard InChI is InChI=1S/C19H16BrClN2O2S/c1-11-3-8-16(15(20)9-11)25-10-17(24)22-19-23-18(12(2)26-19)13-4-6-14(21)7-5-13/h3-9H,10H2,1-2H3,(H,22,23,24). The van der Waals surface area contributed by atoms with Crippen LogP contribution in [0.5, 0.6) is 5.75 Å². The Balaban J connectivity index is 1.64. The second-order valence-electron chi connectivity index (χ2n) is 5.70. The SMILES string of the molecule is Cc1ccc(OCC(=O)Nc2nc(-c3ccc(Cl)cc3)c(C)s2)c(Br)c1. The molecule has 1 aromatic heterocycles. The van der Waals surface area contributed by atoms with Gasteiger partial charge in [-0.2, -0.15) is 0 Å². The molecule has 26 heavy (non-hydrogen) atoms. The van der Waals surface area contributed by atoms with Crippen molar-refractivity contribution in [2.24, 2.45) is 0 Å². The summed E-state index contributed by atoms with van der Waals surface area (Å²) < 4.78 is 6.38. The Hall–Kier alpha value is -1.89. The predicted octanol–water partition coefficient (Wildman–Crippen LogP) is 5.86. The van der Waals surface area contributed by atoms with Crippen LogP contribution in [0.2, 0.25) is 5.02 Å². The van der Waals surface area contributed by atoms with Crippen molar-refractivity contribution in [3.05, 3.63) is 62.4 Å². The van der Waals surface area contributed by atoms with Gasteiger partial charge in [-0.3, -0.25) is 10.1 Å². The summed E-state index contributed by atoms with van der Waals surface area (Å²) in [6.45, 7) is 3.87. The topological polar surface area (TPSA) is 51.2 Å². The van der Waals surface area contributed by atoms with Gasteiger partial charge in [0.15, 0.2) is 11.7 Å². The van der Waals surface area contributed by atoms with Gasteiger partial charge in [0.05, 0.1) is 10.2 Å². The molecule has 0 aliphatic rings. The van der Waals surface area contributed by atoms with Crippen molar-refractivity contribution in [3.8, 4) is 17.0 Å².